The number of rotatable bonds is 3. The van der Waals surface area contributed by atoms with Gasteiger partial charge in [-0.05, 0) is 23.8 Å². The number of aliphatic hydroxyl groups excluding tert-OH is 1. The number of ether oxygens (including phenoxy) is 1. The number of aromatic nitrogens is 1. The fourth-order valence-corrected chi connectivity index (χ4v) is 1.49. The van der Waals surface area contributed by atoms with E-state index in [4.69, 9.17) is 21.4 Å². The first kappa shape index (κ1) is 11.8. The topological polar surface area (TPSA) is 42.4 Å². The van der Waals surface area contributed by atoms with Gasteiger partial charge in [0.15, 0.2) is 11.6 Å². The lowest BCUT2D eigenvalue weighted by molar-refractivity contribution is 0.281. The Kier molecular flexibility index (Phi) is 3.56. The van der Waals surface area contributed by atoms with Gasteiger partial charge in [0.05, 0.1) is 6.61 Å². The van der Waals surface area contributed by atoms with E-state index >= 15 is 0 Å². The third kappa shape index (κ3) is 2.72. The molecule has 3 nitrogen and oxygen atoms in total. The van der Waals surface area contributed by atoms with E-state index in [-0.39, 0.29) is 23.3 Å². The highest BCUT2D eigenvalue weighted by molar-refractivity contribution is 6.31. The van der Waals surface area contributed by atoms with Crippen LogP contribution in [-0.4, -0.2) is 10.1 Å². The highest BCUT2D eigenvalue weighted by Gasteiger charge is 2.08. The number of pyridine rings is 1. The minimum Gasteiger partial charge on any atom is -0.434 e. The molecule has 0 saturated heterocycles. The molecule has 0 saturated carbocycles. The lowest BCUT2D eigenvalue weighted by Crippen LogP contribution is -1.93. The van der Waals surface area contributed by atoms with Gasteiger partial charge in [-0.1, -0.05) is 23.7 Å². The zero-order valence-corrected chi connectivity index (χ0v) is 9.49. The van der Waals surface area contributed by atoms with Crippen molar-refractivity contribution in [1.82, 2.24) is 4.98 Å². The van der Waals surface area contributed by atoms with Crippen LogP contribution in [0, 0.1) is 5.82 Å². The van der Waals surface area contributed by atoms with Crippen molar-refractivity contribution in [2.75, 3.05) is 0 Å². The maximum atomic E-state index is 13.3. The Morgan fingerprint density at radius 1 is 1.35 bits per heavy atom. The maximum absolute atomic E-state index is 13.3. The Labute approximate surface area is 102 Å². The molecule has 5 heteroatoms. The van der Waals surface area contributed by atoms with E-state index in [9.17, 15) is 4.39 Å². The normalized spacial score (nSPS) is 10.3. The summed E-state index contributed by atoms with van der Waals surface area (Å²) in [5.41, 5.74) is 0.566. The minimum atomic E-state index is -0.489. The summed E-state index contributed by atoms with van der Waals surface area (Å²) in [6.45, 7) is -0.160. The Bertz CT molecular complexity index is 534. The lowest BCUT2D eigenvalue weighted by Gasteiger charge is -2.07. The first-order chi connectivity index (χ1) is 8.20. The second-order valence-electron chi connectivity index (χ2n) is 3.32. The fraction of sp³-hybridized carbons (Fsp3) is 0.0833. The molecule has 1 heterocycles. The maximum Gasteiger partial charge on any atom is 0.238 e. The molecule has 1 N–H and O–H groups in total. The van der Waals surface area contributed by atoms with Crippen LogP contribution in [0.25, 0.3) is 0 Å². The van der Waals surface area contributed by atoms with Gasteiger partial charge in [-0.25, -0.2) is 9.37 Å². The third-order valence-electron chi connectivity index (χ3n) is 2.09. The molecule has 0 amide bonds. The zero-order valence-electron chi connectivity index (χ0n) is 8.73. The van der Waals surface area contributed by atoms with Crippen molar-refractivity contribution in [2.24, 2.45) is 0 Å². The molecule has 88 valence electrons. The molecule has 2 rings (SSSR count). The summed E-state index contributed by atoms with van der Waals surface area (Å²) < 4.78 is 18.6. The molecule has 0 fully saturated rings. The second kappa shape index (κ2) is 5.12. The quantitative estimate of drug-likeness (QED) is 0.914. The molecule has 17 heavy (non-hydrogen) atoms. The summed E-state index contributed by atoms with van der Waals surface area (Å²) in [5, 5.41) is 9.11. The molecule has 0 aliphatic heterocycles. The van der Waals surface area contributed by atoms with Crippen molar-refractivity contribution in [3.8, 4) is 11.6 Å². The number of aliphatic hydroxyl groups is 1. The lowest BCUT2D eigenvalue weighted by atomic mass is 10.3. The molecule has 0 radical (unpaired) electrons. The molecule has 0 unspecified atom stereocenters. The predicted octanol–water partition coefficient (Wildman–Crippen LogP) is 3.16. The third-order valence-corrected chi connectivity index (χ3v) is 2.36. The van der Waals surface area contributed by atoms with E-state index in [1.807, 2.05) is 0 Å². The van der Waals surface area contributed by atoms with E-state index in [1.54, 1.807) is 12.1 Å². The van der Waals surface area contributed by atoms with E-state index < -0.39 is 5.82 Å². The van der Waals surface area contributed by atoms with E-state index in [1.165, 1.54) is 24.4 Å². The van der Waals surface area contributed by atoms with Crippen LogP contribution in [-0.2, 0) is 6.61 Å². The number of para-hydroxylation sites is 1. The Balaban J connectivity index is 2.28. The Morgan fingerprint density at radius 2 is 2.12 bits per heavy atom. The molecular formula is C12H9ClFNO2. The number of benzene rings is 1. The molecule has 0 bridgehead atoms. The van der Waals surface area contributed by atoms with E-state index in [2.05, 4.69) is 4.98 Å². The molecule has 1 aromatic carbocycles. The zero-order chi connectivity index (χ0) is 12.3. The number of nitrogens with zero attached hydrogens (tertiary/aromatic N) is 1. The van der Waals surface area contributed by atoms with Gasteiger partial charge in [-0.3, -0.25) is 0 Å². The van der Waals surface area contributed by atoms with Crippen LogP contribution < -0.4 is 4.74 Å². The van der Waals surface area contributed by atoms with Crippen molar-refractivity contribution in [1.29, 1.82) is 0 Å². The van der Waals surface area contributed by atoms with Crippen LogP contribution in [0.5, 0.6) is 11.6 Å². The van der Waals surface area contributed by atoms with Crippen molar-refractivity contribution in [2.45, 2.75) is 6.61 Å². The van der Waals surface area contributed by atoms with Crippen molar-refractivity contribution in [3.63, 3.8) is 0 Å². The highest BCUT2D eigenvalue weighted by Crippen LogP contribution is 2.28. The molecule has 0 spiro atoms. The number of hydrogen-bond donors (Lipinski definition) is 1. The van der Waals surface area contributed by atoms with Crippen LogP contribution in [0.3, 0.4) is 0 Å². The summed E-state index contributed by atoms with van der Waals surface area (Å²) in [6, 6.07) is 7.49. The standard InChI is InChI=1S/C12H9ClFNO2/c13-9-5-8(7-16)6-15-12(9)17-11-4-2-1-3-10(11)14/h1-6,16H,7H2. The average molecular weight is 254 g/mol. The molecule has 0 atom stereocenters. The van der Waals surface area contributed by atoms with Gasteiger partial charge in [0.1, 0.15) is 5.02 Å². The van der Waals surface area contributed by atoms with Gasteiger partial charge >= 0.3 is 0 Å². The molecule has 1 aromatic heterocycles. The fourth-order valence-electron chi connectivity index (χ4n) is 1.26. The van der Waals surface area contributed by atoms with E-state index in [0.717, 1.165) is 0 Å². The Morgan fingerprint density at radius 3 is 2.76 bits per heavy atom. The van der Waals surface area contributed by atoms with Gasteiger partial charge in [0.25, 0.3) is 0 Å². The van der Waals surface area contributed by atoms with Crippen molar-refractivity contribution in [3.05, 3.63) is 52.9 Å². The van der Waals surface area contributed by atoms with Gasteiger partial charge in [-0.15, -0.1) is 0 Å². The van der Waals surface area contributed by atoms with Gasteiger partial charge in [0.2, 0.25) is 5.88 Å². The number of halogens is 2. The van der Waals surface area contributed by atoms with Crippen molar-refractivity contribution < 1.29 is 14.2 Å². The first-order valence-electron chi connectivity index (χ1n) is 4.88. The second-order valence-corrected chi connectivity index (χ2v) is 3.73. The summed E-state index contributed by atoms with van der Waals surface area (Å²) in [7, 11) is 0. The van der Waals surface area contributed by atoms with Crippen LogP contribution in [0.2, 0.25) is 5.02 Å². The number of hydrogen-bond acceptors (Lipinski definition) is 3. The van der Waals surface area contributed by atoms with Gasteiger partial charge < -0.3 is 9.84 Å². The first-order valence-corrected chi connectivity index (χ1v) is 5.26. The average Bonchev–Trinajstić information content (AvgIpc) is 2.34. The van der Waals surface area contributed by atoms with Gasteiger partial charge in [0, 0.05) is 6.20 Å². The predicted molar refractivity (Wildman–Crippen MR) is 61.6 cm³/mol. The monoisotopic (exact) mass is 253 g/mol. The Hall–Kier alpha value is -1.65. The van der Waals surface area contributed by atoms with Crippen LogP contribution in [0.4, 0.5) is 4.39 Å². The molecule has 0 aliphatic carbocycles. The van der Waals surface area contributed by atoms with E-state index in [0.29, 0.717) is 5.56 Å². The summed E-state index contributed by atoms with van der Waals surface area (Å²) >= 11 is 5.89. The largest absolute Gasteiger partial charge is 0.434 e. The molecule has 2 aromatic rings. The van der Waals surface area contributed by atoms with Crippen LogP contribution >= 0.6 is 11.6 Å². The minimum absolute atomic E-state index is 0.0543. The van der Waals surface area contributed by atoms with Crippen LogP contribution in [0.1, 0.15) is 5.56 Å². The summed E-state index contributed by atoms with van der Waals surface area (Å²) in [6.07, 6.45) is 1.42. The highest BCUT2D eigenvalue weighted by atomic mass is 35.5. The smallest absolute Gasteiger partial charge is 0.238 e. The SMILES string of the molecule is OCc1cnc(Oc2ccccc2F)c(Cl)c1. The molecule has 0 aliphatic rings. The summed E-state index contributed by atoms with van der Waals surface area (Å²) in [5.74, 6) is -0.329. The van der Waals surface area contributed by atoms with Gasteiger partial charge in [-0.2, -0.15) is 0 Å². The van der Waals surface area contributed by atoms with Crippen molar-refractivity contribution >= 4 is 11.6 Å². The molecular weight excluding hydrogens is 245 g/mol. The summed E-state index contributed by atoms with van der Waals surface area (Å²) in [4.78, 5) is 3.90. The van der Waals surface area contributed by atoms with Crippen LogP contribution in [0.15, 0.2) is 36.5 Å².